The Kier molecular flexibility index (Phi) is 21.8. The van der Waals surface area contributed by atoms with Crippen LogP contribution in [0.25, 0.3) is 0 Å². The molecule has 0 saturated carbocycles. The molecule has 7 N–H and O–H groups in total. The Labute approximate surface area is 253 Å². The molecule has 0 spiro atoms. The minimum Gasteiger partial charge on any atom is -0.481 e. The summed E-state index contributed by atoms with van der Waals surface area (Å²) in [6, 6.07) is -0.951. The van der Waals surface area contributed by atoms with Crippen LogP contribution in [0, 0.1) is 5.92 Å². The monoisotopic (exact) mass is 594 g/mol. The molecular formula is C31H58N6O5. The van der Waals surface area contributed by atoms with Gasteiger partial charge in [0, 0.05) is 43.9 Å². The van der Waals surface area contributed by atoms with Crippen molar-refractivity contribution in [1.82, 2.24) is 31.9 Å². The van der Waals surface area contributed by atoms with Crippen LogP contribution in [-0.2, 0) is 19.2 Å². The van der Waals surface area contributed by atoms with Crippen LogP contribution in [0.5, 0.6) is 0 Å². The van der Waals surface area contributed by atoms with Gasteiger partial charge in [0.1, 0.15) is 6.04 Å². The first kappa shape index (κ1) is 38.9. The van der Waals surface area contributed by atoms with Gasteiger partial charge in [0.25, 0.3) is 0 Å². The Morgan fingerprint density at radius 1 is 0.786 bits per heavy atom. The van der Waals surface area contributed by atoms with E-state index in [9.17, 15) is 19.2 Å². The summed E-state index contributed by atoms with van der Waals surface area (Å²) in [5, 5.41) is 27.6. The molecule has 0 radical (unpaired) electrons. The second kappa shape index (κ2) is 23.5. The minimum atomic E-state index is -0.925. The van der Waals surface area contributed by atoms with E-state index >= 15 is 0 Å². The number of nitrogens with one attached hydrogen (secondary N) is 6. The predicted octanol–water partition coefficient (Wildman–Crippen LogP) is 2.94. The summed E-state index contributed by atoms with van der Waals surface area (Å²) in [6.07, 6.45) is 8.05. The van der Waals surface area contributed by atoms with Gasteiger partial charge in [0.05, 0.1) is 18.6 Å². The van der Waals surface area contributed by atoms with Crippen LogP contribution in [0.4, 0.5) is 0 Å². The highest BCUT2D eigenvalue weighted by atomic mass is 16.4. The topological polar surface area (TPSA) is 161 Å². The van der Waals surface area contributed by atoms with Crippen molar-refractivity contribution in [2.75, 3.05) is 26.2 Å². The van der Waals surface area contributed by atoms with E-state index < -0.39 is 12.0 Å². The van der Waals surface area contributed by atoms with Crippen LogP contribution < -0.4 is 31.9 Å². The number of allylic oxidation sites excluding steroid dienone is 2. The molecule has 42 heavy (non-hydrogen) atoms. The van der Waals surface area contributed by atoms with Gasteiger partial charge >= 0.3 is 5.97 Å². The zero-order valence-electron chi connectivity index (χ0n) is 27.0. The predicted molar refractivity (Wildman–Crippen MR) is 169 cm³/mol. The van der Waals surface area contributed by atoms with Crippen molar-refractivity contribution in [2.45, 2.75) is 118 Å². The third-order valence-corrected chi connectivity index (χ3v) is 6.62. The molecule has 0 aliphatic rings. The van der Waals surface area contributed by atoms with E-state index in [0.29, 0.717) is 25.9 Å². The van der Waals surface area contributed by atoms with E-state index in [1.165, 1.54) is 0 Å². The normalized spacial score (nSPS) is 14.1. The molecule has 0 fully saturated rings. The number of carbonyl (C=O) groups excluding carboxylic acids is 3. The summed E-state index contributed by atoms with van der Waals surface area (Å²) in [6.45, 7) is 16.1. The maximum Gasteiger partial charge on any atom is 0.303 e. The van der Waals surface area contributed by atoms with E-state index in [1.54, 1.807) is 0 Å². The fourth-order valence-corrected chi connectivity index (χ4v) is 4.46. The van der Waals surface area contributed by atoms with E-state index in [1.807, 2.05) is 33.8 Å². The molecule has 0 saturated heterocycles. The Hall–Kier alpha value is -3.08. The molecule has 0 bridgehead atoms. The lowest BCUT2D eigenvalue weighted by atomic mass is 9.99. The number of carboxylic acids is 1. The number of amides is 3. The summed E-state index contributed by atoms with van der Waals surface area (Å²) in [5.41, 5.74) is 1.78. The summed E-state index contributed by atoms with van der Waals surface area (Å²) in [7, 11) is 0. The van der Waals surface area contributed by atoms with Gasteiger partial charge in [-0.3, -0.25) is 19.2 Å². The molecule has 11 heteroatoms. The number of rotatable bonds is 24. The van der Waals surface area contributed by atoms with E-state index in [4.69, 9.17) is 5.11 Å². The molecule has 0 rings (SSSR count). The summed E-state index contributed by atoms with van der Waals surface area (Å²) in [4.78, 5) is 48.9. The van der Waals surface area contributed by atoms with Crippen molar-refractivity contribution in [2.24, 2.45) is 5.92 Å². The van der Waals surface area contributed by atoms with Gasteiger partial charge < -0.3 is 37.0 Å². The summed E-state index contributed by atoms with van der Waals surface area (Å²) < 4.78 is 0. The highest BCUT2D eigenvalue weighted by Crippen LogP contribution is 2.12. The second-order valence-electron chi connectivity index (χ2n) is 10.7. The van der Waals surface area contributed by atoms with Gasteiger partial charge in [0.2, 0.25) is 17.7 Å². The van der Waals surface area contributed by atoms with Crippen LogP contribution >= 0.6 is 0 Å². The third kappa shape index (κ3) is 17.0. The molecule has 242 valence electrons. The quantitative estimate of drug-likeness (QED) is 0.0840. The third-order valence-electron chi connectivity index (χ3n) is 6.62. The Balaban J connectivity index is 4.97. The van der Waals surface area contributed by atoms with Crippen molar-refractivity contribution < 1.29 is 24.3 Å². The van der Waals surface area contributed by atoms with Crippen LogP contribution in [-0.4, -0.2) is 73.1 Å². The fraction of sp³-hybridized carbons (Fsp3) is 0.742. The van der Waals surface area contributed by atoms with Crippen LogP contribution in [0.2, 0.25) is 0 Å². The Morgan fingerprint density at radius 3 is 2.02 bits per heavy atom. The summed E-state index contributed by atoms with van der Waals surface area (Å²) >= 11 is 0. The lowest BCUT2D eigenvalue weighted by Crippen LogP contribution is -2.52. The van der Waals surface area contributed by atoms with Crippen molar-refractivity contribution in [1.29, 1.82) is 0 Å². The molecule has 3 atom stereocenters. The largest absolute Gasteiger partial charge is 0.481 e. The molecule has 11 nitrogen and oxygen atoms in total. The van der Waals surface area contributed by atoms with Gasteiger partial charge in [-0.25, -0.2) is 0 Å². The Bertz CT molecular complexity index is 874. The smallest absolute Gasteiger partial charge is 0.303 e. The highest BCUT2D eigenvalue weighted by molar-refractivity contribution is 5.83. The minimum absolute atomic E-state index is 0.0489. The van der Waals surface area contributed by atoms with Gasteiger partial charge in [0.15, 0.2) is 0 Å². The average Bonchev–Trinajstić information content (AvgIpc) is 2.93. The molecule has 0 aromatic heterocycles. The first-order chi connectivity index (χ1) is 20.0. The number of carbonyl (C=O) groups is 4. The van der Waals surface area contributed by atoms with Crippen LogP contribution in [0.3, 0.4) is 0 Å². The maximum absolute atomic E-state index is 13.1. The van der Waals surface area contributed by atoms with Crippen molar-refractivity contribution in [3.05, 3.63) is 23.5 Å². The zero-order valence-corrected chi connectivity index (χ0v) is 27.0. The number of aliphatic carboxylic acids is 1. The first-order valence-electron chi connectivity index (χ1n) is 15.7. The second-order valence-corrected chi connectivity index (χ2v) is 10.7. The summed E-state index contributed by atoms with van der Waals surface area (Å²) in [5.74, 6) is -1.14. The lowest BCUT2D eigenvalue weighted by molar-refractivity contribution is -0.137. The SMILES string of the molecule is CC/C=C(\CNC(=O)CCCC(=O)O)NC(CCC)C(=O)NCCNC(CC)C(=O)N[C@H](/C(=C\CC)NCC)C(C)C. The molecule has 0 aliphatic carbocycles. The number of likely N-dealkylation sites (N-methyl/N-ethyl adjacent to an activating group) is 1. The fourth-order valence-electron chi connectivity index (χ4n) is 4.46. The van der Waals surface area contributed by atoms with Gasteiger partial charge in [-0.05, 0) is 44.9 Å². The Morgan fingerprint density at radius 2 is 1.48 bits per heavy atom. The standard InChI is InChI=1S/C31H58N6O5/c1-8-14-23(21-35-27(38)17-13-18-28(39)40)36-26(16-10-3)30(41)34-20-19-33-24(11-4)31(42)37-29(22(6)7)25(15-9-2)32-12-5/h14-15,22,24,26,29,32-33,36H,8-13,16-21H2,1-7H3,(H,34,41)(H,35,38)(H,37,42)(H,39,40)/b23-14+,25-15+/t24?,26?,29-/m0/s1. The molecule has 0 heterocycles. The van der Waals surface area contributed by atoms with Gasteiger partial charge in [-0.15, -0.1) is 0 Å². The average molecular weight is 595 g/mol. The van der Waals surface area contributed by atoms with E-state index in [2.05, 4.69) is 58.7 Å². The maximum atomic E-state index is 13.1. The lowest BCUT2D eigenvalue weighted by Gasteiger charge is -2.28. The van der Waals surface area contributed by atoms with Crippen LogP contribution in [0.1, 0.15) is 99.8 Å². The van der Waals surface area contributed by atoms with Gasteiger partial charge in [-0.1, -0.05) is 60.1 Å². The highest BCUT2D eigenvalue weighted by Gasteiger charge is 2.24. The first-order valence-corrected chi connectivity index (χ1v) is 15.7. The van der Waals surface area contributed by atoms with E-state index in [-0.39, 0.29) is 61.5 Å². The molecule has 0 aromatic rings. The van der Waals surface area contributed by atoms with E-state index in [0.717, 1.165) is 37.2 Å². The molecule has 2 unspecified atom stereocenters. The number of carboxylic acid groups (broad SMARTS) is 1. The molecular weight excluding hydrogens is 536 g/mol. The number of hydrogen-bond acceptors (Lipinski definition) is 7. The van der Waals surface area contributed by atoms with Crippen molar-refractivity contribution in [3.8, 4) is 0 Å². The van der Waals surface area contributed by atoms with Crippen molar-refractivity contribution in [3.63, 3.8) is 0 Å². The zero-order chi connectivity index (χ0) is 31.9. The van der Waals surface area contributed by atoms with Gasteiger partial charge in [-0.2, -0.15) is 0 Å². The molecule has 3 amide bonds. The van der Waals surface area contributed by atoms with Crippen molar-refractivity contribution >= 4 is 23.7 Å². The van der Waals surface area contributed by atoms with Crippen LogP contribution in [0.15, 0.2) is 23.5 Å². The molecule has 0 aliphatic heterocycles. The number of hydrogen-bond donors (Lipinski definition) is 7. The molecule has 0 aromatic carbocycles.